The molecule has 5 nitrogen and oxygen atoms in total. The zero-order valence-corrected chi connectivity index (χ0v) is 16.2. The van der Waals surface area contributed by atoms with Gasteiger partial charge in [0.1, 0.15) is 5.41 Å². The second kappa shape index (κ2) is 8.01. The Kier molecular flexibility index (Phi) is 5.89. The molecular weight excluding hydrogens is 342 g/mol. The summed E-state index contributed by atoms with van der Waals surface area (Å²) in [5.41, 5.74) is -0.469. The molecule has 148 valence electrons. The molecule has 1 aliphatic heterocycles. The molecule has 3 rings (SSSR count). The van der Waals surface area contributed by atoms with Crippen LogP contribution in [0, 0.1) is 10.8 Å². The average molecular weight is 373 g/mol. The largest absolute Gasteiger partial charge is 0.481 e. The Bertz CT molecular complexity index is 668. The van der Waals surface area contributed by atoms with Crippen LogP contribution in [0.1, 0.15) is 57.4 Å². The van der Waals surface area contributed by atoms with Crippen LogP contribution in [0.4, 0.5) is 0 Å². The number of benzene rings is 1. The van der Waals surface area contributed by atoms with Gasteiger partial charge in [0, 0.05) is 18.5 Å². The van der Waals surface area contributed by atoms with Gasteiger partial charge in [0.25, 0.3) is 0 Å². The fraction of sp³-hybridized carbons (Fsp3) is 0.636. The second-order valence-electron chi connectivity index (χ2n) is 8.60. The Morgan fingerprint density at radius 3 is 2.48 bits per heavy atom. The summed E-state index contributed by atoms with van der Waals surface area (Å²) in [7, 11) is 0. The van der Waals surface area contributed by atoms with Crippen LogP contribution in [0.3, 0.4) is 0 Å². The maximum Gasteiger partial charge on any atom is 0.314 e. The molecule has 0 bridgehead atoms. The van der Waals surface area contributed by atoms with Crippen molar-refractivity contribution < 1.29 is 19.8 Å². The highest BCUT2D eigenvalue weighted by Crippen LogP contribution is 2.42. The van der Waals surface area contributed by atoms with E-state index in [1.165, 1.54) is 0 Å². The molecule has 2 N–H and O–H groups in total. The van der Waals surface area contributed by atoms with Crippen LogP contribution in [0.2, 0.25) is 0 Å². The summed E-state index contributed by atoms with van der Waals surface area (Å²) in [5, 5.41) is 20.6. The fourth-order valence-corrected chi connectivity index (χ4v) is 4.82. The van der Waals surface area contributed by atoms with Gasteiger partial charge < -0.3 is 15.1 Å². The average Bonchev–Trinajstić information content (AvgIpc) is 3.11. The summed E-state index contributed by atoms with van der Waals surface area (Å²) >= 11 is 0. The maximum atomic E-state index is 13.1. The normalized spacial score (nSPS) is 27.5. The number of likely N-dealkylation sites (tertiary alicyclic amines) is 1. The van der Waals surface area contributed by atoms with Crippen molar-refractivity contribution in [2.24, 2.45) is 10.8 Å². The molecule has 0 unspecified atom stereocenters. The summed E-state index contributed by atoms with van der Waals surface area (Å²) in [6.07, 6.45) is 5.10. The molecule has 1 saturated carbocycles. The first-order chi connectivity index (χ1) is 12.9. The second-order valence-corrected chi connectivity index (χ2v) is 8.60. The molecule has 2 atom stereocenters. The number of hydrogen-bond acceptors (Lipinski definition) is 3. The minimum Gasteiger partial charge on any atom is -0.481 e. The van der Waals surface area contributed by atoms with E-state index in [9.17, 15) is 19.8 Å². The molecule has 27 heavy (non-hydrogen) atoms. The van der Waals surface area contributed by atoms with Crippen molar-refractivity contribution in [3.63, 3.8) is 0 Å². The number of carboxylic acid groups (broad SMARTS) is 1. The predicted octanol–water partition coefficient (Wildman–Crippen LogP) is 3.25. The molecule has 1 aliphatic carbocycles. The number of aliphatic hydroxyl groups is 1. The van der Waals surface area contributed by atoms with Gasteiger partial charge in [-0.25, -0.2) is 0 Å². The van der Waals surface area contributed by atoms with Crippen LogP contribution < -0.4 is 0 Å². The van der Waals surface area contributed by atoms with E-state index in [0.717, 1.165) is 37.7 Å². The fourth-order valence-electron chi connectivity index (χ4n) is 4.82. The van der Waals surface area contributed by atoms with E-state index in [1.807, 2.05) is 37.3 Å². The first-order valence-corrected chi connectivity index (χ1v) is 10.1. The number of rotatable bonds is 6. The van der Waals surface area contributed by atoms with Gasteiger partial charge in [-0.3, -0.25) is 9.59 Å². The number of aryl methyl sites for hydroxylation is 1. The number of carbonyl (C=O) groups excluding carboxylic acids is 1. The van der Waals surface area contributed by atoms with Gasteiger partial charge in [-0.1, -0.05) is 50.1 Å². The highest BCUT2D eigenvalue weighted by atomic mass is 16.4. The lowest BCUT2D eigenvalue weighted by molar-refractivity contribution is -0.169. The standard InChI is InChI=1S/C22H31NO4/c1-21(12-5-6-13-21)19(25)23-15-11-18(24)22(16-23,20(26)27)14-7-10-17-8-3-2-4-9-17/h2-4,8-9,18,24H,5-7,10-16H2,1H3,(H,26,27)/t18-,22+/m0/s1. The van der Waals surface area contributed by atoms with E-state index in [4.69, 9.17) is 0 Å². The van der Waals surface area contributed by atoms with E-state index in [2.05, 4.69) is 0 Å². The van der Waals surface area contributed by atoms with Gasteiger partial charge >= 0.3 is 5.97 Å². The SMILES string of the molecule is CC1(C(=O)N2CC[C@H](O)[C@](CCCc3ccccc3)(C(=O)O)C2)CCCC1. The number of carbonyl (C=O) groups is 2. The Morgan fingerprint density at radius 1 is 1.19 bits per heavy atom. The van der Waals surface area contributed by atoms with Gasteiger partial charge in [0.15, 0.2) is 0 Å². The van der Waals surface area contributed by atoms with Gasteiger partial charge in [-0.15, -0.1) is 0 Å². The first kappa shape index (κ1) is 19.9. The number of piperidine rings is 1. The molecule has 2 fully saturated rings. The van der Waals surface area contributed by atoms with E-state index >= 15 is 0 Å². The molecule has 2 aliphatic rings. The van der Waals surface area contributed by atoms with Crippen molar-refractivity contribution in [1.82, 2.24) is 4.90 Å². The monoisotopic (exact) mass is 373 g/mol. The molecule has 1 aromatic rings. The summed E-state index contributed by atoms with van der Waals surface area (Å²) in [4.78, 5) is 27.0. The van der Waals surface area contributed by atoms with E-state index in [-0.39, 0.29) is 17.9 Å². The lowest BCUT2D eigenvalue weighted by Crippen LogP contribution is -2.59. The topological polar surface area (TPSA) is 77.8 Å². The van der Waals surface area contributed by atoms with Crippen LogP contribution in [-0.2, 0) is 16.0 Å². The Labute approximate surface area is 161 Å². The maximum absolute atomic E-state index is 13.1. The van der Waals surface area contributed by atoms with Crippen molar-refractivity contribution in [3.05, 3.63) is 35.9 Å². The lowest BCUT2D eigenvalue weighted by Gasteiger charge is -2.45. The van der Waals surface area contributed by atoms with Gasteiger partial charge in [-0.2, -0.15) is 0 Å². The molecular formula is C22H31NO4. The quantitative estimate of drug-likeness (QED) is 0.802. The van der Waals surface area contributed by atoms with Gasteiger partial charge in [-0.05, 0) is 44.1 Å². The van der Waals surface area contributed by atoms with Crippen LogP contribution >= 0.6 is 0 Å². The van der Waals surface area contributed by atoms with Crippen LogP contribution in [0.15, 0.2) is 30.3 Å². The summed E-state index contributed by atoms with van der Waals surface area (Å²) in [6, 6.07) is 9.96. The van der Waals surface area contributed by atoms with E-state index < -0.39 is 17.5 Å². The highest BCUT2D eigenvalue weighted by Gasteiger charge is 2.51. The third kappa shape index (κ3) is 4.03. The number of hydrogen-bond donors (Lipinski definition) is 2. The van der Waals surface area contributed by atoms with Crippen molar-refractivity contribution in [3.8, 4) is 0 Å². The Balaban J connectivity index is 1.71. The summed E-state index contributed by atoms with van der Waals surface area (Å²) < 4.78 is 0. The van der Waals surface area contributed by atoms with Crippen LogP contribution in [0.25, 0.3) is 0 Å². The lowest BCUT2D eigenvalue weighted by atomic mass is 9.72. The van der Waals surface area contributed by atoms with Crippen molar-refractivity contribution in [2.75, 3.05) is 13.1 Å². The molecule has 1 heterocycles. The number of amides is 1. The molecule has 1 aromatic carbocycles. The minimum absolute atomic E-state index is 0.0700. The molecule has 0 aromatic heterocycles. The molecule has 0 spiro atoms. The van der Waals surface area contributed by atoms with Crippen molar-refractivity contribution in [2.45, 2.75) is 64.4 Å². The number of aliphatic hydroxyl groups excluding tert-OH is 1. The van der Waals surface area contributed by atoms with Crippen molar-refractivity contribution in [1.29, 1.82) is 0 Å². The molecule has 0 radical (unpaired) electrons. The third-order valence-corrected chi connectivity index (χ3v) is 6.65. The zero-order chi connectivity index (χ0) is 19.5. The first-order valence-electron chi connectivity index (χ1n) is 10.1. The zero-order valence-electron chi connectivity index (χ0n) is 16.2. The third-order valence-electron chi connectivity index (χ3n) is 6.65. The Morgan fingerprint density at radius 2 is 1.85 bits per heavy atom. The highest BCUT2D eigenvalue weighted by molar-refractivity contribution is 5.84. The van der Waals surface area contributed by atoms with Crippen LogP contribution in [-0.4, -0.2) is 46.2 Å². The Hall–Kier alpha value is -1.88. The number of aliphatic carboxylic acids is 1. The van der Waals surface area contributed by atoms with Crippen molar-refractivity contribution >= 4 is 11.9 Å². The summed E-state index contributed by atoms with van der Waals surface area (Å²) in [6.45, 7) is 2.57. The van der Waals surface area contributed by atoms with Gasteiger partial charge in [0.05, 0.1) is 6.10 Å². The molecule has 1 saturated heterocycles. The number of carboxylic acids is 1. The van der Waals surface area contributed by atoms with Crippen LogP contribution in [0.5, 0.6) is 0 Å². The molecule has 1 amide bonds. The van der Waals surface area contributed by atoms with Gasteiger partial charge in [0.2, 0.25) is 5.91 Å². The minimum atomic E-state index is -1.27. The number of nitrogens with zero attached hydrogens (tertiary/aromatic N) is 1. The predicted molar refractivity (Wildman–Crippen MR) is 103 cm³/mol. The molecule has 5 heteroatoms. The van der Waals surface area contributed by atoms with E-state index in [1.54, 1.807) is 4.90 Å². The summed E-state index contributed by atoms with van der Waals surface area (Å²) in [5.74, 6) is -0.919. The smallest absolute Gasteiger partial charge is 0.314 e. The van der Waals surface area contributed by atoms with E-state index in [0.29, 0.717) is 25.8 Å².